The van der Waals surface area contributed by atoms with Gasteiger partial charge in [-0.1, -0.05) is 50.3 Å². The van der Waals surface area contributed by atoms with E-state index in [0.717, 1.165) is 24.3 Å². The molecule has 0 aromatic heterocycles. The average molecular weight is 348 g/mol. The van der Waals surface area contributed by atoms with E-state index in [1.54, 1.807) is 12.5 Å². The van der Waals surface area contributed by atoms with Crippen LogP contribution in [0.4, 0.5) is 0 Å². The molecule has 136 valence electrons. The van der Waals surface area contributed by atoms with Crippen molar-refractivity contribution in [3.8, 4) is 11.5 Å². The number of ether oxygens (including phenoxy) is 2. The molecule has 0 N–H and O–H groups in total. The fourth-order valence-corrected chi connectivity index (χ4v) is 2.95. The molecule has 0 aliphatic rings. The quantitative estimate of drug-likeness (QED) is 0.370. The summed E-state index contributed by atoms with van der Waals surface area (Å²) in [5.41, 5.74) is 5.22. The highest BCUT2D eigenvalue weighted by Crippen LogP contribution is 2.32. The van der Waals surface area contributed by atoms with Gasteiger partial charge < -0.3 is 9.47 Å². The minimum Gasteiger partial charge on any atom is -0.465 e. The lowest BCUT2D eigenvalue weighted by molar-refractivity contribution is 0.480. The molecule has 0 fully saturated rings. The van der Waals surface area contributed by atoms with Gasteiger partial charge in [-0.05, 0) is 73.2 Å². The van der Waals surface area contributed by atoms with Crippen molar-refractivity contribution in [3.05, 3.63) is 84.3 Å². The van der Waals surface area contributed by atoms with Crippen LogP contribution in [0.25, 0.3) is 11.1 Å². The zero-order valence-electron chi connectivity index (χ0n) is 16.2. The van der Waals surface area contributed by atoms with Gasteiger partial charge in [0.2, 0.25) is 0 Å². The maximum atomic E-state index is 5.52. The Morgan fingerprint density at radius 2 is 1.00 bits per heavy atom. The summed E-state index contributed by atoms with van der Waals surface area (Å²) in [6, 6.07) is 16.6. The van der Waals surface area contributed by atoms with Crippen LogP contribution in [0.5, 0.6) is 11.5 Å². The first-order valence-corrected chi connectivity index (χ1v) is 9.22. The molecule has 0 atom stereocenters. The summed E-state index contributed by atoms with van der Waals surface area (Å²) in [6.45, 7) is 8.29. The lowest BCUT2D eigenvalue weighted by Gasteiger charge is -2.15. The molecule has 2 heteroatoms. The van der Waals surface area contributed by atoms with Crippen LogP contribution in [0.15, 0.2) is 73.2 Å². The van der Waals surface area contributed by atoms with E-state index in [2.05, 4.69) is 38.1 Å². The fraction of sp³-hybridized carbons (Fsp3) is 0.250. The predicted molar refractivity (Wildman–Crippen MR) is 111 cm³/mol. The first kappa shape index (κ1) is 19.6. The van der Waals surface area contributed by atoms with Crippen LogP contribution in [-0.4, -0.2) is 0 Å². The Morgan fingerprint density at radius 1 is 0.654 bits per heavy atom. The monoisotopic (exact) mass is 348 g/mol. The van der Waals surface area contributed by atoms with Crippen LogP contribution in [0.1, 0.15) is 51.7 Å². The largest absolute Gasteiger partial charge is 0.465 e. The maximum Gasteiger partial charge on any atom is 0.126 e. The van der Waals surface area contributed by atoms with Gasteiger partial charge in [0.15, 0.2) is 0 Å². The standard InChI is InChI=1S/C24H28O2/c1-5-17-25-21-13-9-19(10-14-21)23(7-3)24(8-4)20-11-15-22(16-12-20)26-18-6-2/h5-6,9-18H,7-8H2,1-4H3. The van der Waals surface area contributed by atoms with Crippen molar-refractivity contribution >= 4 is 11.1 Å². The minimum atomic E-state index is 0.853. The van der Waals surface area contributed by atoms with E-state index in [4.69, 9.17) is 9.47 Å². The molecule has 2 rings (SSSR count). The molecule has 0 saturated heterocycles. The van der Waals surface area contributed by atoms with Gasteiger partial charge in [-0.3, -0.25) is 0 Å². The van der Waals surface area contributed by atoms with E-state index in [-0.39, 0.29) is 0 Å². The Labute approximate surface area is 157 Å². The van der Waals surface area contributed by atoms with E-state index in [1.165, 1.54) is 22.3 Å². The van der Waals surface area contributed by atoms with Gasteiger partial charge in [0, 0.05) is 0 Å². The minimum absolute atomic E-state index is 0.853. The molecule has 2 aromatic rings. The summed E-state index contributed by atoms with van der Waals surface area (Å²) >= 11 is 0. The molecule has 0 aliphatic heterocycles. The van der Waals surface area contributed by atoms with Gasteiger partial charge >= 0.3 is 0 Å². The molecule has 2 aromatic carbocycles. The summed E-state index contributed by atoms with van der Waals surface area (Å²) in [4.78, 5) is 0. The molecule has 26 heavy (non-hydrogen) atoms. The van der Waals surface area contributed by atoms with Gasteiger partial charge in [-0.15, -0.1) is 0 Å². The molecule has 0 spiro atoms. The van der Waals surface area contributed by atoms with Crippen molar-refractivity contribution in [1.29, 1.82) is 0 Å². The third-order valence-electron chi connectivity index (χ3n) is 4.16. The first-order chi connectivity index (χ1) is 12.7. The second kappa shape index (κ2) is 10.3. The Hall–Kier alpha value is -2.74. The van der Waals surface area contributed by atoms with Crippen LogP contribution in [0.2, 0.25) is 0 Å². The van der Waals surface area contributed by atoms with Gasteiger partial charge in [0.25, 0.3) is 0 Å². The number of benzene rings is 2. The smallest absolute Gasteiger partial charge is 0.126 e. The first-order valence-electron chi connectivity index (χ1n) is 9.22. The maximum absolute atomic E-state index is 5.52. The van der Waals surface area contributed by atoms with Crippen LogP contribution >= 0.6 is 0 Å². The normalized spacial score (nSPS) is 12.5. The average Bonchev–Trinajstić information content (AvgIpc) is 2.70. The summed E-state index contributed by atoms with van der Waals surface area (Å²) in [5, 5.41) is 0. The molecule has 0 heterocycles. The van der Waals surface area contributed by atoms with Crippen molar-refractivity contribution in [1.82, 2.24) is 0 Å². The molecule has 0 unspecified atom stereocenters. The zero-order chi connectivity index (χ0) is 18.8. The molecule has 0 aliphatic carbocycles. The second-order valence-electron chi connectivity index (χ2n) is 5.89. The number of rotatable bonds is 8. The SMILES string of the molecule is CC=COc1ccc(C(CC)=C(CC)c2ccc(OC=CC)cc2)cc1. The van der Waals surface area contributed by atoms with Gasteiger partial charge in [-0.25, -0.2) is 0 Å². The predicted octanol–water partition coefficient (Wildman–Crippen LogP) is 7.24. The molecule has 0 amide bonds. The van der Waals surface area contributed by atoms with Gasteiger partial charge in [0.1, 0.15) is 11.5 Å². The topological polar surface area (TPSA) is 18.5 Å². The van der Waals surface area contributed by atoms with E-state index in [0.29, 0.717) is 0 Å². The van der Waals surface area contributed by atoms with Crippen LogP contribution in [-0.2, 0) is 0 Å². The second-order valence-corrected chi connectivity index (χ2v) is 5.89. The Kier molecular flexibility index (Phi) is 7.75. The van der Waals surface area contributed by atoms with Crippen LogP contribution < -0.4 is 9.47 Å². The van der Waals surface area contributed by atoms with Crippen molar-refractivity contribution < 1.29 is 9.47 Å². The summed E-state index contributed by atoms with van der Waals surface area (Å²) in [7, 11) is 0. The van der Waals surface area contributed by atoms with Crippen molar-refractivity contribution in [3.63, 3.8) is 0 Å². The van der Waals surface area contributed by atoms with Crippen molar-refractivity contribution in [2.45, 2.75) is 40.5 Å². The third kappa shape index (κ3) is 5.13. The van der Waals surface area contributed by atoms with E-state index >= 15 is 0 Å². The molecule has 0 saturated carbocycles. The van der Waals surface area contributed by atoms with Crippen molar-refractivity contribution in [2.24, 2.45) is 0 Å². The van der Waals surface area contributed by atoms with Crippen LogP contribution in [0, 0.1) is 0 Å². The third-order valence-corrected chi connectivity index (χ3v) is 4.16. The molecular weight excluding hydrogens is 320 g/mol. The Balaban J connectivity index is 2.34. The van der Waals surface area contributed by atoms with E-state index < -0.39 is 0 Å². The molecule has 0 bridgehead atoms. The Morgan fingerprint density at radius 3 is 1.27 bits per heavy atom. The highest BCUT2D eigenvalue weighted by atomic mass is 16.5. The summed E-state index contributed by atoms with van der Waals surface area (Å²) < 4.78 is 11.0. The summed E-state index contributed by atoms with van der Waals surface area (Å²) in [5.74, 6) is 1.71. The van der Waals surface area contributed by atoms with Gasteiger partial charge in [-0.2, -0.15) is 0 Å². The highest BCUT2D eigenvalue weighted by Gasteiger charge is 2.09. The molecule has 2 nitrogen and oxygen atoms in total. The lowest BCUT2D eigenvalue weighted by Crippen LogP contribution is -1.92. The number of allylic oxidation sites excluding steroid dienone is 4. The highest BCUT2D eigenvalue weighted by molar-refractivity contribution is 5.90. The van der Waals surface area contributed by atoms with Crippen LogP contribution in [0.3, 0.4) is 0 Å². The number of hydrogen-bond donors (Lipinski definition) is 0. The lowest BCUT2D eigenvalue weighted by atomic mass is 9.91. The zero-order valence-corrected chi connectivity index (χ0v) is 16.2. The number of hydrogen-bond acceptors (Lipinski definition) is 2. The fourth-order valence-electron chi connectivity index (χ4n) is 2.95. The molecule has 0 radical (unpaired) electrons. The van der Waals surface area contributed by atoms with Crippen molar-refractivity contribution in [2.75, 3.05) is 0 Å². The Bertz CT molecular complexity index is 695. The molecular formula is C24H28O2. The van der Waals surface area contributed by atoms with E-state index in [1.807, 2.05) is 50.3 Å². The van der Waals surface area contributed by atoms with E-state index in [9.17, 15) is 0 Å². The summed E-state index contributed by atoms with van der Waals surface area (Å²) in [6.07, 6.45) is 9.11. The van der Waals surface area contributed by atoms with Gasteiger partial charge in [0.05, 0.1) is 12.5 Å².